The van der Waals surface area contributed by atoms with Crippen molar-refractivity contribution in [3.63, 3.8) is 0 Å². The molecule has 6 heteroatoms. The quantitative estimate of drug-likeness (QED) is 0.846. The van der Waals surface area contributed by atoms with Gasteiger partial charge in [0.05, 0.1) is 0 Å². The van der Waals surface area contributed by atoms with E-state index < -0.39 is 28.8 Å². The van der Waals surface area contributed by atoms with Crippen molar-refractivity contribution in [2.24, 2.45) is 0 Å². The highest BCUT2D eigenvalue weighted by atomic mass is 19.1. The first-order chi connectivity index (χ1) is 9.02. The second kappa shape index (κ2) is 4.90. The topological polar surface area (TPSA) is 59.0 Å². The Bertz CT molecular complexity index is 657. The van der Waals surface area contributed by atoms with E-state index in [4.69, 9.17) is 15.7 Å². The van der Waals surface area contributed by atoms with E-state index in [0.29, 0.717) is 0 Å². The van der Waals surface area contributed by atoms with Crippen LogP contribution in [0, 0.1) is 28.8 Å². The number of hydrogen-bond donors (Lipinski definition) is 1. The summed E-state index contributed by atoms with van der Waals surface area (Å²) in [5, 5.41) is 8.78. The zero-order valence-corrected chi connectivity index (χ0v) is 9.45. The van der Waals surface area contributed by atoms with Gasteiger partial charge in [-0.25, -0.2) is 13.2 Å². The van der Waals surface area contributed by atoms with Crippen molar-refractivity contribution in [1.82, 2.24) is 0 Å². The maximum atomic E-state index is 13.5. The Morgan fingerprint density at radius 3 is 2.26 bits per heavy atom. The number of nitriles is 1. The van der Waals surface area contributed by atoms with Crippen molar-refractivity contribution >= 4 is 5.69 Å². The van der Waals surface area contributed by atoms with Crippen LogP contribution in [0.4, 0.5) is 18.9 Å². The van der Waals surface area contributed by atoms with E-state index in [1.165, 1.54) is 12.1 Å². The third kappa shape index (κ3) is 2.45. The summed E-state index contributed by atoms with van der Waals surface area (Å²) < 4.78 is 45.3. The first kappa shape index (κ1) is 12.8. The zero-order valence-electron chi connectivity index (χ0n) is 9.45. The summed E-state index contributed by atoms with van der Waals surface area (Å²) in [6, 6.07) is 6.83. The molecule has 19 heavy (non-hydrogen) atoms. The van der Waals surface area contributed by atoms with Crippen LogP contribution in [0.25, 0.3) is 0 Å². The Labute approximate surface area is 106 Å². The minimum Gasteiger partial charge on any atom is -0.450 e. The number of nitrogens with zero attached hydrogens (tertiary/aromatic N) is 1. The van der Waals surface area contributed by atoms with Gasteiger partial charge in [0.25, 0.3) is 0 Å². The number of nitrogens with two attached hydrogens (primary N) is 1. The number of rotatable bonds is 2. The van der Waals surface area contributed by atoms with E-state index in [9.17, 15) is 13.2 Å². The van der Waals surface area contributed by atoms with Gasteiger partial charge >= 0.3 is 0 Å². The molecule has 0 bridgehead atoms. The molecule has 2 aromatic carbocycles. The van der Waals surface area contributed by atoms with Gasteiger partial charge in [-0.15, -0.1) is 0 Å². The molecular formula is C13H7F3N2O. The molecule has 0 aromatic heterocycles. The van der Waals surface area contributed by atoms with Crippen molar-refractivity contribution < 1.29 is 17.9 Å². The van der Waals surface area contributed by atoms with Crippen LogP contribution in [0.1, 0.15) is 5.56 Å². The van der Waals surface area contributed by atoms with Crippen LogP contribution in [0.3, 0.4) is 0 Å². The standard InChI is InChI=1S/C13H7F3N2O/c14-9-2-1-3-12(8(9)6-17)19-13-10(15)4-7(18)5-11(13)16/h1-5H,18H2. The van der Waals surface area contributed by atoms with Crippen LogP contribution in [0.15, 0.2) is 30.3 Å². The molecule has 2 N–H and O–H groups in total. The number of hydrogen-bond acceptors (Lipinski definition) is 3. The van der Waals surface area contributed by atoms with Crippen molar-refractivity contribution in [2.75, 3.05) is 5.73 Å². The van der Waals surface area contributed by atoms with Gasteiger partial charge in [-0.3, -0.25) is 0 Å². The first-order valence-corrected chi connectivity index (χ1v) is 5.14. The molecule has 0 unspecified atom stereocenters. The molecule has 3 nitrogen and oxygen atoms in total. The normalized spacial score (nSPS) is 10.0. The monoisotopic (exact) mass is 264 g/mol. The first-order valence-electron chi connectivity index (χ1n) is 5.14. The van der Waals surface area contributed by atoms with Gasteiger partial charge < -0.3 is 10.5 Å². The van der Waals surface area contributed by atoms with Gasteiger partial charge in [-0.05, 0) is 12.1 Å². The summed E-state index contributed by atoms with van der Waals surface area (Å²) in [6.45, 7) is 0. The fourth-order valence-electron chi connectivity index (χ4n) is 1.48. The number of halogens is 3. The van der Waals surface area contributed by atoms with E-state index >= 15 is 0 Å². The fraction of sp³-hybridized carbons (Fsp3) is 0. The molecule has 0 spiro atoms. The Hall–Kier alpha value is -2.68. The zero-order chi connectivity index (χ0) is 14.0. The summed E-state index contributed by atoms with van der Waals surface area (Å²) in [5.74, 6) is -3.92. The lowest BCUT2D eigenvalue weighted by atomic mass is 10.2. The summed E-state index contributed by atoms with van der Waals surface area (Å²) in [4.78, 5) is 0. The minimum absolute atomic E-state index is 0.109. The molecule has 0 aliphatic rings. The van der Waals surface area contributed by atoms with E-state index in [-0.39, 0.29) is 11.4 Å². The van der Waals surface area contributed by atoms with Crippen molar-refractivity contribution in [2.45, 2.75) is 0 Å². The molecule has 0 fully saturated rings. The predicted octanol–water partition coefficient (Wildman–Crippen LogP) is 3.35. The van der Waals surface area contributed by atoms with Crippen LogP contribution < -0.4 is 10.5 Å². The average molecular weight is 264 g/mol. The van der Waals surface area contributed by atoms with E-state index in [1.54, 1.807) is 6.07 Å². The third-order valence-corrected chi connectivity index (χ3v) is 2.32. The molecule has 96 valence electrons. The molecule has 0 saturated carbocycles. The van der Waals surface area contributed by atoms with E-state index in [2.05, 4.69) is 0 Å². The highest BCUT2D eigenvalue weighted by molar-refractivity contribution is 5.49. The minimum atomic E-state index is -1.04. The van der Waals surface area contributed by atoms with Crippen LogP contribution in [-0.2, 0) is 0 Å². The molecule has 0 saturated heterocycles. The maximum Gasteiger partial charge on any atom is 0.198 e. The summed E-state index contributed by atoms with van der Waals surface area (Å²) >= 11 is 0. The molecule has 0 aliphatic carbocycles. The largest absolute Gasteiger partial charge is 0.450 e. The SMILES string of the molecule is N#Cc1c(F)cccc1Oc1c(F)cc(N)cc1F. The lowest BCUT2D eigenvalue weighted by molar-refractivity contribution is 0.404. The van der Waals surface area contributed by atoms with Crippen LogP contribution >= 0.6 is 0 Å². The molecule has 0 radical (unpaired) electrons. The Balaban J connectivity index is 2.49. The van der Waals surface area contributed by atoms with Gasteiger partial charge in [0.15, 0.2) is 17.4 Å². The van der Waals surface area contributed by atoms with Gasteiger partial charge in [0, 0.05) is 17.8 Å². The lowest BCUT2D eigenvalue weighted by Crippen LogP contribution is -1.98. The number of ether oxygens (including phenoxy) is 1. The predicted molar refractivity (Wildman–Crippen MR) is 62.0 cm³/mol. The van der Waals surface area contributed by atoms with Crippen molar-refractivity contribution in [1.29, 1.82) is 5.26 Å². The molecule has 0 atom stereocenters. The van der Waals surface area contributed by atoms with E-state index in [1.807, 2.05) is 0 Å². The smallest absolute Gasteiger partial charge is 0.198 e. The highest BCUT2D eigenvalue weighted by Gasteiger charge is 2.16. The van der Waals surface area contributed by atoms with Gasteiger partial charge in [0.2, 0.25) is 0 Å². The van der Waals surface area contributed by atoms with Gasteiger partial charge in [-0.2, -0.15) is 5.26 Å². The second-order valence-corrected chi connectivity index (χ2v) is 3.64. The van der Waals surface area contributed by atoms with Crippen molar-refractivity contribution in [3.05, 3.63) is 53.3 Å². The lowest BCUT2D eigenvalue weighted by Gasteiger charge is -2.10. The average Bonchev–Trinajstić information content (AvgIpc) is 2.34. The van der Waals surface area contributed by atoms with Gasteiger partial charge in [-0.1, -0.05) is 6.07 Å². The van der Waals surface area contributed by atoms with Gasteiger partial charge in [0.1, 0.15) is 23.2 Å². The van der Waals surface area contributed by atoms with Crippen LogP contribution in [0.2, 0.25) is 0 Å². The Morgan fingerprint density at radius 1 is 1.05 bits per heavy atom. The maximum absolute atomic E-state index is 13.5. The Morgan fingerprint density at radius 2 is 1.68 bits per heavy atom. The highest BCUT2D eigenvalue weighted by Crippen LogP contribution is 2.31. The van der Waals surface area contributed by atoms with E-state index in [0.717, 1.165) is 18.2 Å². The number of benzene rings is 2. The second-order valence-electron chi connectivity index (χ2n) is 3.64. The third-order valence-electron chi connectivity index (χ3n) is 2.32. The fourth-order valence-corrected chi connectivity index (χ4v) is 1.48. The summed E-state index contributed by atoms with van der Waals surface area (Å²) in [5.41, 5.74) is 4.71. The summed E-state index contributed by atoms with van der Waals surface area (Å²) in [6.07, 6.45) is 0. The molecule has 0 amide bonds. The molecule has 0 aliphatic heterocycles. The van der Waals surface area contributed by atoms with Crippen LogP contribution in [0.5, 0.6) is 11.5 Å². The number of anilines is 1. The molecular weight excluding hydrogens is 257 g/mol. The van der Waals surface area contributed by atoms with Crippen molar-refractivity contribution in [3.8, 4) is 17.6 Å². The molecule has 2 rings (SSSR count). The molecule has 0 heterocycles. The molecule has 2 aromatic rings. The summed E-state index contributed by atoms with van der Waals surface area (Å²) in [7, 11) is 0. The number of nitrogen functional groups attached to an aromatic ring is 1. The Kier molecular flexibility index (Phi) is 3.29. The van der Waals surface area contributed by atoms with Crippen LogP contribution in [-0.4, -0.2) is 0 Å².